The highest BCUT2D eigenvalue weighted by molar-refractivity contribution is 7.16. The zero-order valence-electron chi connectivity index (χ0n) is 14.9. The smallest absolute Gasteiger partial charge is 0.231 e. The monoisotopic (exact) mass is 397 g/mol. The molecule has 0 unspecified atom stereocenters. The maximum Gasteiger partial charge on any atom is 0.231 e. The first-order valence-corrected chi connectivity index (χ1v) is 10.4. The molecule has 1 fully saturated rings. The predicted octanol–water partition coefficient (Wildman–Crippen LogP) is 4.40. The Balaban J connectivity index is 1.44. The van der Waals surface area contributed by atoms with Gasteiger partial charge in [0.2, 0.25) is 11.7 Å². The number of nitrogens with one attached hydrogen (secondary N) is 1. The highest BCUT2D eigenvalue weighted by atomic mass is 32.1. The lowest BCUT2D eigenvalue weighted by Gasteiger charge is -2.18. The van der Waals surface area contributed by atoms with E-state index in [1.54, 1.807) is 7.11 Å². The molecule has 27 heavy (non-hydrogen) atoms. The Labute approximate surface area is 165 Å². The van der Waals surface area contributed by atoms with E-state index in [0.29, 0.717) is 11.4 Å². The van der Waals surface area contributed by atoms with Gasteiger partial charge in [0.1, 0.15) is 5.75 Å². The molecule has 4 rings (SSSR count). The van der Waals surface area contributed by atoms with Crippen LogP contribution < -0.4 is 10.1 Å². The van der Waals surface area contributed by atoms with Crippen molar-refractivity contribution in [3.05, 3.63) is 74.1 Å². The van der Waals surface area contributed by atoms with Crippen molar-refractivity contribution in [1.29, 1.82) is 0 Å². The number of ketones is 1. The van der Waals surface area contributed by atoms with Gasteiger partial charge in [0, 0.05) is 10.4 Å². The van der Waals surface area contributed by atoms with E-state index in [-0.39, 0.29) is 11.7 Å². The van der Waals surface area contributed by atoms with Crippen LogP contribution in [0, 0.1) is 0 Å². The number of thiophene rings is 2. The van der Waals surface area contributed by atoms with Crippen LogP contribution in [0.2, 0.25) is 0 Å². The second-order valence-electron chi connectivity index (χ2n) is 6.54. The quantitative estimate of drug-likeness (QED) is 0.601. The minimum atomic E-state index is -0.487. The Kier molecular flexibility index (Phi) is 4.85. The SMILES string of the molecule is COc1ccccc1C1(C(=O)NCc2ccc(C(=O)c3cccs3)s2)CC1. The Morgan fingerprint density at radius 1 is 1.07 bits per heavy atom. The van der Waals surface area contributed by atoms with Gasteiger partial charge in [-0.1, -0.05) is 24.3 Å². The molecule has 2 aromatic heterocycles. The van der Waals surface area contributed by atoms with E-state index in [9.17, 15) is 9.59 Å². The standard InChI is InChI=1S/C21H19NO3S2/c1-25-16-6-3-2-5-15(16)21(10-11-21)20(24)22-13-14-8-9-18(27-14)19(23)17-7-4-12-26-17/h2-9,12H,10-11,13H2,1H3,(H,22,24). The largest absolute Gasteiger partial charge is 0.496 e. The van der Waals surface area contributed by atoms with Gasteiger partial charge in [-0.15, -0.1) is 22.7 Å². The van der Waals surface area contributed by atoms with E-state index >= 15 is 0 Å². The van der Waals surface area contributed by atoms with Gasteiger partial charge in [-0.25, -0.2) is 0 Å². The van der Waals surface area contributed by atoms with E-state index in [0.717, 1.165) is 33.9 Å². The second-order valence-corrected chi connectivity index (χ2v) is 8.65. The first-order chi connectivity index (χ1) is 13.1. The number of carbonyl (C=O) groups is 2. The molecule has 2 heterocycles. The zero-order valence-corrected chi connectivity index (χ0v) is 16.5. The van der Waals surface area contributed by atoms with Gasteiger partial charge in [0.15, 0.2) is 0 Å². The summed E-state index contributed by atoms with van der Waals surface area (Å²) in [5.41, 5.74) is 0.462. The summed E-state index contributed by atoms with van der Waals surface area (Å²) < 4.78 is 5.44. The Morgan fingerprint density at radius 3 is 2.59 bits per heavy atom. The van der Waals surface area contributed by atoms with Gasteiger partial charge in [-0.05, 0) is 42.5 Å². The van der Waals surface area contributed by atoms with Gasteiger partial charge >= 0.3 is 0 Å². The maximum atomic E-state index is 12.9. The third-order valence-corrected chi connectivity index (χ3v) is 6.81. The van der Waals surface area contributed by atoms with Crippen LogP contribution in [-0.2, 0) is 16.8 Å². The summed E-state index contributed by atoms with van der Waals surface area (Å²) in [6, 6.07) is 15.2. The minimum Gasteiger partial charge on any atom is -0.496 e. The summed E-state index contributed by atoms with van der Waals surface area (Å²) >= 11 is 2.88. The van der Waals surface area contributed by atoms with Crippen molar-refractivity contribution in [2.45, 2.75) is 24.8 Å². The van der Waals surface area contributed by atoms with Crippen molar-refractivity contribution in [1.82, 2.24) is 5.32 Å². The minimum absolute atomic E-state index is 0.0199. The molecule has 0 saturated heterocycles. The fraction of sp³-hybridized carbons (Fsp3) is 0.238. The number of hydrogen-bond donors (Lipinski definition) is 1. The fourth-order valence-electron chi connectivity index (χ4n) is 3.24. The molecule has 1 amide bonds. The van der Waals surface area contributed by atoms with Crippen LogP contribution in [0.3, 0.4) is 0 Å². The second kappa shape index (κ2) is 7.29. The molecule has 3 aromatic rings. The predicted molar refractivity (Wildman–Crippen MR) is 108 cm³/mol. The van der Waals surface area contributed by atoms with Crippen molar-refractivity contribution in [2.24, 2.45) is 0 Å². The average Bonchev–Trinajstić information content (AvgIpc) is 3.10. The van der Waals surface area contributed by atoms with Crippen LogP contribution in [0.4, 0.5) is 0 Å². The lowest BCUT2D eigenvalue weighted by atomic mass is 9.94. The van der Waals surface area contributed by atoms with Gasteiger partial charge in [-0.2, -0.15) is 0 Å². The van der Waals surface area contributed by atoms with Gasteiger partial charge < -0.3 is 10.1 Å². The maximum absolute atomic E-state index is 12.9. The average molecular weight is 398 g/mol. The van der Waals surface area contributed by atoms with Crippen molar-refractivity contribution in [3.8, 4) is 5.75 Å². The summed E-state index contributed by atoms with van der Waals surface area (Å²) in [7, 11) is 1.63. The normalized spacial score (nSPS) is 14.6. The number of para-hydroxylation sites is 1. The van der Waals surface area contributed by atoms with E-state index in [1.807, 2.05) is 53.9 Å². The zero-order chi connectivity index (χ0) is 18.9. The Morgan fingerprint density at radius 2 is 1.89 bits per heavy atom. The van der Waals surface area contributed by atoms with E-state index in [2.05, 4.69) is 5.32 Å². The summed E-state index contributed by atoms with van der Waals surface area (Å²) in [5, 5.41) is 4.94. The van der Waals surface area contributed by atoms with Crippen LogP contribution in [0.1, 0.15) is 37.8 Å². The van der Waals surface area contributed by atoms with Crippen LogP contribution in [0.5, 0.6) is 5.75 Å². The third kappa shape index (κ3) is 3.42. The Hall–Kier alpha value is -2.44. The van der Waals surface area contributed by atoms with Crippen molar-refractivity contribution in [3.63, 3.8) is 0 Å². The highest BCUT2D eigenvalue weighted by Crippen LogP contribution is 2.51. The third-order valence-electron chi connectivity index (χ3n) is 4.86. The van der Waals surface area contributed by atoms with Crippen molar-refractivity contribution < 1.29 is 14.3 Å². The number of rotatable bonds is 7. The summed E-state index contributed by atoms with van der Waals surface area (Å²) in [6.07, 6.45) is 1.65. The van der Waals surface area contributed by atoms with E-state index in [1.165, 1.54) is 22.7 Å². The van der Waals surface area contributed by atoms with Crippen molar-refractivity contribution >= 4 is 34.4 Å². The van der Waals surface area contributed by atoms with E-state index in [4.69, 9.17) is 4.74 Å². The summed E-state index contributed by atoms with van der Waals surface area (Å²) in [4.78, 5) is 27.7. The molecule has 0 spiro atoms. The van der Waals surface area contributed by atoms with Crippen LogP contribution in [0.15, 0.2) is 53.9 Å². The van der Waals surface area contributed by atoms with Gasteiger partial charge in [0.25, 0.3) is 0 Å². The molecular weight excluding hydrogens is 378 g/mol. The van der Waals surface area contributed by atoms with E-state index < -0.39 is 5.41 Å². The number of benzene rings is 1. The molecule has 138 valence electrons. The summed E-state index contributed by atoms with van der Waals surface area (Å²) in [5.74, 6) is 0.817. The molecule has 1 aliphatic rings. The van der Waals surface area contributed by atoms with Crippen LogP contribution in [-0.4, -0.2) is 18.8 Å². The molecule has 1 saturated carbocycles. The highest BCUT2D eigenvalue weighted by Gasteiger charge is 2.52. The van der Waals surface area contributed by atoms with Crippen LogP contribution in [0.25, 0.3) is 0 Å². The lowest BCUT2D eigenvalue weighted by molar-refractivity contribution is -0.123. The lowest BCUT2D eigenvalue weighted by Crippen LogP contribution is -2.34. The fourth-order valence-corrected chi connectivity index (χ4v) is 4.89. The molecule has 0 atom stereocenters. The summed E-state index contributed by atoms with van der Waals surface area (Å²) in [6.45, 7) is 0.429. The van der Waals surface area contributed by atoms with Crippen LogP contribution >= 0.6 is 22.7 Å². The molecule has 1 aromatic carbocycles. The molecule has 4 nitrogen and oxygen atoms in total. The molecular formula is C21H19NO3S2. The molecule has 6 heteroatoms. The number of methoxy groups -OCH3 is 1. The number of ether oxygens (including phenoxy) is 1. The molecule has 0 radical (unpaired) electrons. The number of carbonyl (C=O) groups excluding carboxylic acids is 2. The molecule has 0 aliphatic heterocycles. The van der Waals surface area contributed by atoms with Gasteiger partial charge in [0.05, 0.1) is 28.8 Å². The molecule has 1 aliphatic carbocycles. The number of amides is 1. The van der Waals surface area contributed by atoms with Gasteiger partial charge in [-0.3, -0.25) is 9.59 Å². The van der Waals surface area contributed by atoms with Crippen molar-refractivity contribution in [2.75, 3.05) is 7.11 Å². The first kappa shape index (κ1) is 17.9. The first-order valence-electron chi connectivity index (χ1n) is 8.73. The topological polar surface area (TPSA) is 55.4 Å². The molecule has 0 bridgehead atoms. The molecule has 1 N–H and O–H groups in total. The Bertz CT molecular complexity index is 971. The number of hydrogen-bond acceptors (Lipinski definition) is 5.